The lowest BCUT2D eigenvalue weighted by Gasteiger charge is -2.47. The fourth-order valence-electron chi connectivity index (χ4n) is 5.37. The number of carbonyl (C=O) groups excluding carboxylic acids is 1. The van der Waals surface area contributed by atoms with Crippen LogP contribution in [0.5, 0.6) is 5.75 Å². The molecule has 0 aliphatic carbocycles. The molecule has 0 aromatic heterocycles. The normalized spacial score (nSPS) is 23.6. The van der Waals surface area contributed by atoms with Crippen molar-refractivity contribution >= 4 is 5.91 Å². The van der Waals surface area contributed by atoms with E-state index in [1.165, 1.54) is 0 Å². The van der Waals surface area contributed by atoms with Crippen molar-refractivity contribution < 1.29 is 15.0 Å². The molecule has 0 bridgehead atoms. The summed E-state index contributed by atoms with van der Waals surface area (Å²) in [7, 11) is 0. The lowest BCUT2D eigenvalue weighted by atomic mass is 9.92. The Hall–Kier alpha value is -2.67. The molecular formula is C28H37N3O3. The van der Waals surface area contributed by atoms with E-state index in [-0.39, 0.29) is 29.8 Å². The van der Waals surface area contributed by atoms with Crippen LogP contribution in [0.4, 0.5) is 0 Å². The van der Waals surface area contributed by atoms with E-state index < -0.39 is 0 Å². The third kappa shape index (κ3) is 5.35. The van der Waals surface area contributed by atoms with Gasteiger partial charge in [-0.3, -0.25) is 14.6 Å². The van der Waals surface area contributed by atoms with Gasteiger partial charge in [0.05, 0.1) is 12.1 Å². The van der Waals surface area contributed by atoms with Gasteiger partial charge < -0.3 is 15.1 Å². The van der Waals surface area contributed by atoms with Gasteiger partial charge in [0.15, 0.2) is 0 Å². The van der Waals surface area contributed by atoms with Crippen molar-refractivity contribution in [2.24, 2.45) is 0 Å². The second-order valence-corrected chi connectivity index (χ2v) is 9.78. The summed E-state index contributed by atoms with van der Waals surface area (Å²) in [6.07, 6.45) is 2.90. The highest BCUT2D eigenvalue weighted by Gasteiger charge is 2.35. The quantitative estimate of drug-likeness (QED) is 0.640. The van der Waals surface area contributed by atoms with Gasteiger partial charge in [-0.15, -0.1) is 6.58 Å². The molecule has 2 N–H and O–H groups in total. The van der Waals surface area contributed by atoms with Gasteiger partial charge in [-0.2, -0.15) is 0 Å². The molecule has 2 aromatic rings. The average molecular weight is 464 g/mol. The number of aliphatic hydroxyl groups is 1. The summed E-state index contributed by atoms with van der Waals surface area (Å²) in [5.41, 5.74) is 2.73. The fraction of sp³-hybridized carbons (Fsp3) is 0.464. The molecule has 6 heteroatoms. The maximum atomic E-state index is 13.3. The molecule has 1 amide bonds. The second-order valence-electron chi connectivity index (χ2n) is 9.78. The molecule has 182 valence electrons. The number of nitrogens with zero attached hydrogens (tertiary/aromatic N) is 3. The zero-order valence-corrected chi connectivity index (χ0v) is 20.3. The van der Waals surface area contributed by atoms with E-state index in [0.717, 1.165) is 30.8 Å². The molecule has 2 aliphatic heterocycles. The summed E-state index contributed by atoms with van der Waals surface area (Å²) in [4.78, 5) is 20.0. The molecule has 2 heterocycles. The molecule has 0 radical (unpaired) electrons. The first-order chi connectivity index (χ1) is 16.4. The second kappa shape index (κ2) is 10.7. The summed E-state index contributed by atoms with van der Waals surface area (Å²) in [5.74, 6) is 0.258. The zero-order chi connectivity index (χ0) is 24.2. The third-order valence-corrected chi connectivity index (χ3v) is 7.25. The van der Waals surface area contributed by atoms with Gasteiger partial charge in [0.2, 0.25) is 0 Å². The highest BCUT2D eigenvalue weighted by molar-refractivity contribution is 5.94. The van der Waals surface area contributed by atoms with Crippen LogP contribution in [0.3, 0.4) is 0 Å². The van der Waals surface area contributed by atoms with Crippen molar-refractivity contribution in [2.45, 2.75) is 50.9 Å². The Bertz CT molecular complexity index is 1000. The Kier molecular flexibility index (Phi) is 7.71. The smallest absolute Gasteiger partial charge is 0.253 e. The Morgan fingerprint density at radius 1 is 1.06 bits per heavy atom. The van der Waals surface area contributed by atoms with Crippen molar-refractivity contribution in [1.82, 2.24) is 14.7 Å². The average Bonchev–Trinajstić information content (AvgIpc) is 2.83. The van der Waals surface area contributed by atoms with Gasteiger partial charge in [-0.25, -0.2) is 0 Å². The third-order valence-electron chi connectivity index (χ3n) is 7.25. The number of hydrogen-bond acceptors (Lipinski definition) is 5. The number of piperazine rings is 1. The van der Waals surface area contributed by atoms with E-state index in [2.05, 4.69) is 42.4 Å². The molecule has 2 aromatic carbocycles. The van der Waals surface area contributed by atoms with Gasteiger partial charge >= 0.3 is 0 Å². The van der Waals surface area contributed by atoms with E-state index in [1.807, 2.05) is 41.3 Å². The predicted molar refractivity (Wildman–Crippen MR) is 135 cm³/mol. The first kappa shape index (κ1) is 24.5. The lowest BCUT2D eigenvalue weighted by molar-refractivity contribution is 0.0306. The standard InChI is InChI=1S/C28H37N3O3/c1-4-13-30-18-21(3)31(19-20(30)2)27(23-8-6-10-26(33)17-23)22-7-5-9-24(16-22)28(34)29-14-11-25(32)12-15-29/h4-10,16-17,20-21,25,27,32-33H,1,11-15,18-19H2,2-3H3/t20-,21-,27?/m1/s1. The van der Waals surface area contributed by atoms with Crippen LogP contribution in [0.15, 0.2) is 61.2 Å². The molecule has 3 atom stereocenters. The summed E-state index contributed by atoms with van der Waals surface area (Å²) in [6, 6.07) is 16.0. The fourth-order valence-corrected chi connectivity index (χ4v) is 5.37. The summed E-state index contributed by atoms with van der Waals surface area (Å²) >= 11 is 0. The maximum absolute atomic E-state index is 13.3. The van der Waals surface area contributed by atoms with Gasteiger partial charge in [0.25, 0.3) is 5.91 Å². The highest BCUT2D eigenvalue weighted by Crippen LogP contribution is 2.35. The van der Waals surface area contributed by atoms with Gasteiger partial charge in [-0.1, -0.05) is 30.3 Å². The largest absolute Gasteiger partial charge is 0.508 e. The Morgan fingerprint density at radius 2 is 1.74 bits per heavy atom. The molecule has 34 heavy (non-hydrogen) atoms. The number of hydrogen-bond donors (Lipinski definition) is 2. The first-order valence-corrected chi connectivity index (χ1v) is 12.3. The van der Waals surface area contributed by atoms with Crippen molar-refractivity contribution in [1.29, 1.82) is 0 Å². The molecule has 0 saturated carbocycles. The van der Waals surface area contributed by atoms with Crippen molar-refractivity contribution in [2.75, 3.05) is 32.7 Å². The number of piperidine rings is 1. The van der Waals surface area contributed by atoms with Crippen LogP contribution in [-0.2, 0) is 0 Å². The minimum Gasteiger partial charge on any atom is -0.508 e. The molecule has 6 nitrogen and oxygen atoms in total. The van der Waals surface area contributed by atoms with Crippen LogP contribution in [0.1, 0.15) is 54.2 Å². The van der Waals surface area contributed by atoms with E-state index in [9.17, 15) is 15.0 Å². The van der Waals surface area contributed by atoms with E-state index >= 15 is 0 Å². The number of amides is 1. The van der Waals surface area contributed by atoms with Gasteiger partial charge in [0.1, 0.15) is 5.75 Å². The van der Waals surface area contributed by atoms with Crippen LogP contribution in [0.2, 0.25) is 0 Å². The molecule has 0 spiro atoms. The van der Waals surface area contributed by atoms with Crippen molar-refractivity contribution in [3.8, 4) is 5.75 Å². The number of aliphatic hydroxyl groups excluding tert-OH is 1. The first-order valence-electron chi connectivity index (χ1n) is 12.3. The molecular weight excluding hydrogens is 426 g/mol. The molecule has 1 unspecified atom stereocenters. The predicted octanol–water partition coefficient (Wildman–Crippen LogP) is 3.66. The monoisotopic (exact) mass is 463 g/mol. The number of phenols is 1. The van der Waals surface area contributed by atoms with E-state index in [0.29, 0.717) is 37.5 Å². The minimum absolute atomic E-state index is 0.0145. The number of phenolic OH excluding ortho intramolecular Hbond substituents is 1. The van der Waals surface area contributed by atoms with Crippen molar-refractivity contribution in [3.63, 3.8) is 0 Å². The molecule has 2 fully saturated rings. The Morgan fingerprint density at radius 3 is 2.41 bits per heavy atom. The van der Waals surface area contributed by atoms with Gasteiger partial charge in [-0.05, 0) is 62.1 Å². The zero-order valence-electron chi connectivity index (χ0n) is 20.3. The van der Waals surface area contributed by atoms with E-state index in [4.69, 9.17) is 0 Å². The molecule has 2 saturated heterocycles. The summed E-state index contributed by atoms with van der Waals surface area (Å²) < 4.78 is 0. The number of rotatable bonds is 6. The summed E-state index contributed by atoms with van der Waals surface area (Å²) in [5, 5.41) is 20.1. The SMILES string of the molecule is C=CCN1C[C@@H](C)N(C(c2cccc(O)c2)c2cccc(C(=O)N3CCC(O)CC3)c2)C[C@H]1C. The van der Waals surface area contributed by atoms with Crippen molar-refractivity contribution in [3.05, 3.63) is 77.9 Å². The topological polar surface area (TPSA) is 67.2 Å². The number of likely N-dealkylation sites (tertiary alicyclic amines) is 1. The Labute approximate surface area is 203 Å². The number of benzene rings is 2. The highest BCUT2D eigenvalue weighted by atomic mass is 16.3. The van der Waals surface area contributed by atoms with E-state index in [1.54, 1.807) is 6.07 Å². The maximum Gasteiger partial charge on any atom is 0.253 e. The van der Waals surface area contributed by atoms with Gasteiger partial charge in [0, 0.05) is 50.4 Å². The summed E-state index contributed by atoms with van der Waals surface area (Å²) in [6.45, 7) is 12.2. The lowest BCUT2D eigenvalue weighted by Crippen LogP contribution is -2.57. The van der Waals surface area contributed by atoms with Crippen LogP contribution in [0, 0.1) is 0 Å². The molecule has 2 aliphatic rings. The Balaban J connectivity index is 1.67. The van der Waals surface area contributed by atoms with Crippen LogP contribution < -0.4 is 0 Å². The van der Waals surface area contributed by atoms with Crippen LogP contribution in [-0.4, -0.2) is 81.7 Å². The minimum atomic E-state index is -0.311. The number of carbonyl (C=O) groups is 1. The van der Waals surface area contributed by atoms with Crippen LogP contribution >= 0.6 is 0 Å². The van der Waals surface area contributed by atoms with Crippen LogP contribution in [0.25, 0.3) is 0 Å². The molecule has 4 rings (SSSR count). The number of aromatic hydroxyl groups is 1.